The molecule has 0 N–H and O–H groups in total. The van der Waals surface area contributed by atoms with E-state index < -0.39 is 7.88 Å². The third-order valence-corrected chi connectivity index (χ3v) is 4.17. The predicted octanol–water partition coefficient (Wildman–Crippen LogP) is 1.37. The molecule has 0 fully saturated rings. The minimum Gasteiger partial charge on any atom is -0.0229 e. The molecule has 0 aliphatic heterocycles. The zero-order valence-electron chi connectivity index (χ0n) is 1.98. The second kappa shape index (κ2) is 3.56. The summed E-state index contributed by atoms with van der Waals surface area (Å²) >= 11 is 4.34. The molecule has 0 saturated heterocycles. The maximum atomic E-state index is 5.11. The topological polar surface area (TPSA) is 0 Å². The Balaban J connectivity index is 3.60. The zero-order chi connectivity index (χ0) is 4.28. The molecule has 0 radical (unpaired) electrons. The van der Waals surface area contributed by atoms with Gasteiger partial charge in [-0.15, -0.1) is 0 Å². The van der Waals surface area contributed by atoms with E-state index in [1.165, 1.54) is 0 Å². The highest BCUT2D eigenvalue weighted by molar-refractivity contribution is 8.65. The van der Waals surface area contributed by atoms with Crippen LogP contribution in [0, 0.1) is 0 Å². The van der Waals surface area contributed by atoms with Gasteiger partial charge in [-0.1, -0.05) is 0 Å². The molecule has 0 bridgehead atoms. The average Bonchev–Trinajstić information content (AvgIpc) is 1.38. The Morgan fingerprint density at radius 3 is 1.80 bits per heavy atom. The predicted molar refractivity (Wildman–Crippen MR) is 33.8 cm³/mol. The fourth-order valence-electron chi connectivity index (χ4n) is 0. The van der Waals surface area contributed by atoms with E-state index in [2.05, 4.69) is 11.2 Å². The van der Waals surface area contributed by atoms with Gasteiger partial charge in [-0.2, -0.15) is 0 Å². The van der Waals surface area contributed by atoms with E-state index in [-0.39, 0.29) is 0 Å². The molecule has 0 aliphatic rings. The Kier molecular flexibility index (Phi) is 4.53. The van der Waals surface area contributed by atoms with Gasteiger partial charge in [0, 0.05) is 0 Å². The summed E-state index contributed by atoms with van der Waals surface area (Å²) in [4.78, 5) is 0. The summed E-state index contributed by atoms with van der Waals surface area (Å²) in [5.41, 5.74) is 0. The normalized spacial score (nSPS) is 8.60. The van der Waals surface area contributed by atoms with E-state index in [1.54, 1.807) is 0 Å². The van der Waals surface area contributed by atoms with E-state index >= 15 is 0 Å². The minimum atomic E-state index is -0.647. The van der Waals surface area contributed by atoms with Crippen LogP contribution in [0.2, 0.25) is 0 Å². The lowest BCUT2D eigenvalue weighted by atomic mass is 30.9. The van der Waals surface area contributed by atoms with Crippen LogP contribution in [0.3, 0.4) is 0 Å². The van der Waals surface area contributed by atoms with Crippen molar-refractivity contribution in [3.05, 3.63) is 0 Å². The maximum absolute atomic E-state index is 5.11. The SMILES string of the molecule is S=S=S(Cl)Cl. The molecule has 0 atom stereocenters. The van der Waals surface area contributed by atoms with Crippen molar-refractivity contribution in [3.63, 3.8) is 0 Å². The molecular formula is Cl2S3. The molecule has 0 aromatic carbocycles. The van der Waals surface area contributed by atoms with Crippen LogP contribution in [0.15, 0.2) is 0 Å². The molecule has 0 spiro atoms. The maximum Gasteiger partial charge on any atom is 0.0641 e. The quantitative estimate of drug-likeness (QED) is 0.491. The van der Waals surface area contributed by atoms with Gasteiger partial charge in [0.25, 0.3) is 0 Å². The van der Waals surface area contributed by atoms with E-state index in [0.29, 0.717) is 0 Å². The molecule has 5 heteroatoms. The summed E-state index contributed by atoms with van der Waals surface area (Å²) in [5.74, 6) is 0. The lowest BCUT2D eigenvalue weighted by Crippen LogP contribution is -1.42. The highest BCUT2D eigenvalue weighted by Gasteiger charge is 1.64. The summed E-state index contributed by atoms with van der Waals surface area (Å²) in [7, 11) is 10.6. The fraction of sp³-hybridized carbons (Fsp3) is 0. The van der Waals surface area contributed by atoms with Crippen molar-refractivity contribution >= 4 is 49.3 Å². The lowest BCUT2D eigenvalue weighted by Gasteiger charge is -1.60. The molecule has 5 heavy (non-hydrogen) atoms. The van der Waals surface area contributed by atoms with Gasteiger partial charge in [0.2, 0.25) is 0 Å². The third-order valence-electron chi connectivity index (χ3n) is 0.0514. The van der Waals surface area contributed by atoms with Crippen molar-refractivity contribution in [1.82, 2.24) is 0 Å². The molecule has 32 valence electrons. The zero-order valence-corrected chi connectivity index (χ0v) is 5.94. The smallest absolute Gasteiger partial charge is 0.0229 e. The first-order chi connectivity index (χ1) is 2.27. The fourth-order valence-corrected chi connectivity index (χ4v) is 0. The van der Waals surface area contributed by atoms with Crippen LogP contribution in [0.5, 0.6) is 0 Å². The lowest BCUT2D eigenvalue weighted by molar-refractivity contribution is 4.94. The van der Waals surface area contributed by atoms with Crippen LogP contribution < -0.4 is 0 Å². The van der Waals surface area contributed by atoms with E-state index in [4.69, 9.17) is 21.4 Å². The molecule has 0 heterocycles. The van der Waals surface area contributed by atoms with Crippen molar-refractivity contribution in [3.8, 4) is 0 Å². The van der Waals surface area contributed by atoms with Gasteiger partial charge in [0.1, 0.15) is 0 Å². The highest BCUT2D eigenvalue weighted by Crippen LogP contribution is 1.92. The molecule has 0 aromatic heterocycles. The molecule has 0 unspecified atom stereocenters. The van der Waals surface area contributed by atoms with Crippen LogP contribution in [-0.2, 0) is 28.0 Å². The Hall–Kier alpha value is 1.37. The molecule has 0 rings (SSSR count). The van der Waals surface area contributed by atoms with Gasteiger partial charge < -0.3 is 0 Å². The van der Waals surface area contributed by atoms with Crippen LogP contribution in [0.4, 0.5) is 0 Å². The Labute approximate surface area is 49.3 Å². The first-order valence-electron chi connectivity index (χ1n) is 0.642. The Morgan fingerprint density at radius 2 is 1.80 bits per heavy atom. The second-order valence-electron chi connectivity index (χ2n) is 0.252. The van der Waals surface area contributed by atoms with E-state index in [0.717, 1.165) is 8.88 Å². The van der Waals surface area contributed by atoms with Crippen molar-refractivity contribution in [2.24, 2.45) is 0 Å². The number of hydrogen-bond donors (Lipinski definition) is 0. The Morgan fingerprint density at radius 1 is 1.60 bits per heavy atom. The van der Waals surface area contributed by atoms with Crippen LogP contribution in [0.25, 0.3) is 0 Å². The number of rotatable bonds is 0. The van der Waals surface area contributed by atoms with Crippen LogP contribution in [0.1, 0.15) is 0 Å². The summed E-state index contributed by atoms with van der Waals surface area (Å²) < 4.78 is 0. The summed E-state index contributed by atoms with van der Waals surface area (Å²) in [5, 5.41) is 0. The molecule has 0 aromatic rings. The van der Waals surface area contributed by atoms with Gasteiger partial charge in [-0.3, -0.25) is 0 Å². The number of hydrogen-bond acceptors (Lipinski definition) is 1. The van der Waals surface area contributed by atoms with Crippen LogP contribution >= 0.6 is 21.4 Å². The molecule has 0 amide bonds. The summed E-state index contributed by atoms with van der Waals surface area (Å²) in [6, 6.07) is 0. The van der Waals surface area contributed by atoms with Gasteiger partial charge in [-0.25, -0.2) is 0 Å². The minimum absolute atomic E-state index is 0.647. The highest BCUT2D eigenvalue weighted by atomic mass is 36.0. The van der Waals surface area contributed by atoms with Gasteiger partial charge in [0.05, 0.1) is 7.88 Å². The molecule has 0 saturated carbocycles. The van der Waals surface area contributed by atoms with E-state index in [9.17, 15) is 0 Å². The number of halogens is 2. The van der Waals surface area contributed by atoms with Crippen molar-refractivity contribution in [2.75, 3.05) is 0 Å². The largest absolute Gasteiger partial charge is 0.0641 e. The average molecular weight is 167 g/mol. The monoisotopic (exact) mass is 166 g/mol. The van der Waals surface area contributed by atoms with Crippen molar-refractivity contribution in [2.45, 2.75) is 0 Å². The standard InChI is InChI=1S/Cl2S3/c1-5(2)4-3. The van der Waals surface area contributed by atoms with Crippen molar-refractivity contribution in [1.29, 1.82) is 0 Å². The van der Waals surface area contributed by atoms with E-state index in [1.807, 2.05) is 0 Å². The summed E-state index contributed by atoms with van der Waals surface area (Å²) in [6.07, 6.45) is 0. The van der Waals surface area contributed by atoms with Gasteiger partial charge in [-0.05, 0) is 41.4 Å². The first-order valence-corrected chi connectivity index (χ1v) is 5.78. The Bertz CT molecular complexity index is 65.0. The first kappa shape index (κ1) is 6.37. The molecule has 0 nitrogen and oxygen atoms in total. The van der Waals surface area contributed by atoms with Gasteiger partial charge >= 0.3 is 0 Å². The van der Waals surface area contributed by atoms with Gasteiger partial charge in [0.15, 0.2) is 0 Å². The van der Waals surface area contributed by atoms with Crippen LogP contribution in [-0.4, -0.2) is 0 Å². The summed E-state index contributed by atoms with van der Waals surface area (Å²) in [6.45, 7) is 0. The molecular weight excluding hydrogens is 167 g/mol. The third kappa shape index (κ3) is 5.37. The molecule has 0 aliphatic carbocycles. The van der Waals surface area contributed by atoms with Crippen molar-refractivity contribution < 1.29 is 0 Å². The second-order valence-corrected chi connectivity index (χ2v) is 6.81.